The molecule has 1 aliphatic heterocycles. The second kappa shape index (κ2) is 5.95. The summed E-state index contributed by atoms with van der Waals surface area (Å²) in [5.74, 6) is -4.30. The molecule has 0 radical (unpaired) electrons. The first kappa shape index (κ1) is 15.4. The zero-order valence-corrected chi connectivity index (χ0v) is 12.4. The molecule has 3 rings (SSSR count). The maximum Gasteiger partial charge on any atom is 0.257 e. The molecule has 1 heterocycles. The summed E-state index contributed by atoms with van der Waals surface area (Å²) < 4.78 is 45.2. The van der Waals surface area contributed by atoms with E-state index in [0.29, 0.717) is 13.0 Å². The molecule has 1 aliphatic rings. The molecule has 1 amide bonds. The number of methoxy groups -OCH3 is 1. The van der Waals surface area contributed by atoms with Gasteiger partial charge in [-0.2, -0.15) is 0 Å². The average molecular weight is 321 g/mol. The number of rotatable bonds is 2. The van der Waals surface area contributed by atoms with Crippen LogP contribution in [0, 0.1) is 17.5 Å². The predicted octanol–water partition coefficient (Wildman–Crippen LogP) is 3.31. The van der Waals surface area contributed by atoms with Crippen LogP contribution in [0.5, 0.6) is 5.75 Å². The van der Waals surface area contributed by atoms with Crippen LogP contribution in [0.3, 0.4) is 0 Å². The normalized spacial score (nSPS) is 13.7. The predicted molar refractivity (Wildman–Crippen MR) is 77.8 cm³/mol. The molecular weight excluding hydrogens is 307 g/mol. The van der Waals surface area contributed by atoms with E-state index in [1.165, 1.54) is 4.90 Å². The monoisotopic (exact) mass is 321 g/mol. The highest BCUT2D eigenvalue weighted by Gasteiger charge is 2.26. The lowest BCUT2D eigenvalue weighted by molar-refractivity contribution is 0.0728. The molecule has 0 N–H and O–H groups in total. The zero-order chi connectivity index (χ0) is 16.6. The maximum absolute atomic E-state index is 13.8. The lowest BCUT2D eigenvalue weighted by atomic mass is 9.98. The largest absolute Gasteiger partial charge is 0.497 e. The smallest absolute Gasteiger partial charge is 0.257 e. The zero-order valence-electron chi connectivity index (χ0n) is 12.4. The molecule has 0 saturated heterocycles. The van der Waals surface area contributed by atoms with Gasteiger partial charge in [0.15, 0.2) is 17.5 Å². The first-order valence-electron chi connectivity index (χ1n) is 7.10. The van der Waals surface area contributed by atoms with Gasteiger partial charge in [0.1, 0.15) is 5.75 Å². The Labute approximate surface area is 131 Å². The maximum atomic E-state index is 13.8. The first-order valence-corrected chi connectivity index (χ1v) is 7.10. The van der Waals surface area contributed by atoms with Crippen LogP contribution in [0.1, 0.15) is 21.5 Å². The van der Waals surface area contributed by atoms with Crippen molar-refractivity contribution in [2.75, 3.05) is 13.7 Å². The quantitative estimate of drug-likeness (QED) is 0.794. The number of nitrogens with zero attached hydrogens (tertiary/aromatic N) is 1. The molecule has 0 aliphatic carbocycles. The highest BCUT2D eigenvalue weighted by atomic mass is 19.2. The van der Waals surface area contributed by atoms with Gasteiger partial charge in [-0.3, -0.25) is 4.79 Å². The number of hydrogen-bond acceptors (Lipinski definition) is 2. The van der Waals surface area contributed by atoms with Crippen LogP contribution in [0.25, 0.3) is 0 Å². The van der Waals surface area contributed by atoms with Gasteiger partial charge in [0.2, 0.25) is 0 Å². The van der Waals surface area contributed by atoms with Gasteiger partial charge in [-0.25, -0.2) is 13.2 Å². The van der Waals surface area contributed by atoms with Gasteiger partial charge in [0.25, 0.3) is 5.91 Å². The Bertz CT molecular complexity index is 777. The molecule has 3 nitrogen and oxygen atoms in total. The highest BCUT2D eigenvalue weighted by Crippen LogP contribution is 2.25. The van der Waals surface area contributed by atoms with Crippen LogP contribution in [-0.4, -0.2) is 24.5 Å². The molecule has 0 atom stereocenters. The summed E-state index contributed by atoms with van der Waals surface area (Å²) in [5.41, 5.74) is 1.52. The Morgan fingerprint density at radius 3 is 2.61 bits per heavy atom. The van der Waals surface area contributed by atoms with Crippen molar-refractivity contribution in [3.05, 3.63) is 64.5 Å². The van der Waals surface area contributed by atoms with E-state index in [4.69, 9.17) is 4.74 Å². The molecule has 0 unspecified atom stereocenters. The van der Waals surface area contributed by atoms with E-state index in [1.807, 2.05) is 12.1 Å². The van der Waals surface area contributed by atoms with Crippen molar-refractivity contribution in [3.8, 4) is 5.75 Å². The Balaban J connectivity index is 1.86. The summed E-state index contributed by atoms with van der Waals surface area (Å²) in [7, 11) is 1.58. The molecule has 0 spiro atoms. The van der Waals surface area contributed by atoms with Gasteiger partial charge >= 0.3 is 0 Å². The molecule has 0 bridgehead atoms. The summed E-state index contributed by atoms with van der Waals surface area (Å²) in [4.78, 5) is 13.8. The number of halogens is 3. The van der Waals surface area contributed by atoms with E-state index < -0.39 is 28.9 Å². The minimum Gasteiger partial charge on any atom is -0.497 e. The highest BCUT2D eigenvalue weighted by molar-refractivity contribution is 5.94. The Morgan fingerprint density at radius 1 is 1.09 bits per heavy atom. The number of benzene rings is 2. The molecule has 2 aromatic rings. The van der Waals surface area contributed by atoms with Crippen molar-refractivity contribution in [2.45, 2.75) is 13.0 Å². The third-order valence-electron chi connectivity index (χ3n) is 3.98. The fraction of sp³-hybridized carbons (Fsp3) is 0.235. The van der Waals surface area contributed by atoms with Crippen LogP contribution < -0.4 is 4.74 Å². The fourth-order valence-electron chi connectivity index (χ4n) is 2.69. The van der Waals surface area contributed by atoms with Gasteiger partial charge in [-0.15, -0.1) is 0 Å². The first-order chi connectivity index (χ1) is 11.0. The van der Waals surface area contributed by atoms with Crippen LogP contribution >= 0.6 is 0 Å². The van der Waals surface area contributed by atoms with Crippen LogP contribution in [-0.2, 0) is 13.0 Å². The van der Waals surface area contributed by atoms with Crippen molar-refractivity contribution in [1.82, 2.24) is 4.90 Å². The molecule has 120 valence electrons. The molecule has 0 saturated carbocycles. The Morgan fingerprint density at radius 2 is 1.87 bits per heavy atom. The van der Waals surface area contributed by atoms with Crippen LogP contribution in [0.2, 0.25) is 0 Å². The third kappa shape index (κ3) is 2.76. The van der Waals surface area contributed by atoms with E-state index in [9.17, 15) is 18.0 Å². The molecule has 23 heavy (non-hydrogen) atoms. The molecule has 2 aromatic carbocycles. The third-order valence-corrected chi connectivity index (χ3v) is 3.98. The Hall–Kier alpha value is -2.50. The number of ether oxygens (including phenoxy) is 1. The average Bonchev–Trinajstić information content (AvgIpc) is 2.58. The lowest BCUT2D eigenvalue weighted by Crippen LogP contribution is -2.36. The van der Waals surface area contributed by atoms with E-state index >= 15 is 0 Å². The summed E-state index contributed by atoms with van der Waals surface area (Å²) in [6.45, 7) is 0.661. The number of carbonyl (C=O) groups excluding carboxylic acids is 1. The fourth-order valence-corrected chi connectivity index (χ4v) is 2.69. The summed E-state index contributed by atoms with van der Waals surface area (Å²) >= 11 is 0. The van der Waals surface area contributed by atoms with Gasteiger partial charge in [0, 0.05) is 13.1 Å². The van der Waals surface area contributed by atoms with Crippen molar-refractivity contribution in [1.29, 1.82) is 0 Å². The van der Waals surface area contributed by atoms with Crippen LogP contribution in [0.4, 0.5) is 13.2 Å². The van der Waals surface area contributed by atoms with E-state index in [2.05, 4.69) is 0 Å². The number of amides is 1. The van der Waals surface area contributed by atoms with E-state index in [0.717, 1.165) is 29.0 Å². The molecule has 0 fully saturated rings. The van der Waals surface area contributed by atoms with E-state index in [1.54, 1.807) is 13.2 Å². The number of fused-ring (bicyclic) bond motifs is 1. The SMILES string of the molecule is COc1ccc2c(c1)CCN(C(=O)c1ccc(F)c(F)c1F)C2. The molecule has 6 heteroatoms. The van der Waals surface area contributed by atoms with Crippen LogP contribution in [0.15, 0.2) is 30.3 Å². The van der Waals surface area contributed by atoms with Crippen molar-refractivity contribution in [3.63, 3.8) is 0 Å². The van der Waals surface area contributed by atoms with Gasteiger partial charge < -0.3 is 9.64 Å². The second-order valence-corrected chi connectivity index (χ2v) is 5.33. The van der Waals surface area contributed by atoms with Crippen molar-refractivity contribution >= 4 is 5.91 Å². The molecule has 0 aromatic heterocycles. The minimum absolute atomic E-state index is 0.288. The van der Waals surface area contributed by atoms with E-state index in [-0.39, 0.29) is 6.54 Å². The summed E-state index contributed by atoms with van der Waals surface area (Å²) in [5, 5.41) is 0. The van der Waals surface area contributed by atoms with Gasteiger partial charge in [0.05, 0.1) is 12.7 Å². The number of hydrogen-bond donors (Lipinski definition) is 0. The summed E-state index contributed by atoms with van der Waals surface area (Å²) in [6, 6.07) is 7.25. The Kier molecular flexibility index (Phi) is 3.98. The van der Waals surface area contributed by atoms with Crippen molar-refractivity contribution in [2.24, 2.45) is 0 Å². The molecular formula is C17H14F3NO2. The summed E-state index contributed by atoms with van der Waals surface area (Å²) in [6.07, 6.45) is 0.587. The standard InChI is InChI=1S/C17H14F3NO2/c1-23-12-3-2-11-9-21(7-6-10(11)8-12)17(22)13-4-5-14(18)16(20)15(13)19/h2-5,8H,6-7,9H2,1H3. The minimum atomic E-state index is -1.63. The topological polar surface area (TPSA) is 29.5 Å². The number of carbonyl (C=O) groups is 1. The lowest BCUT2D eigenvalue weighted by Gasteiger charge is -2.29. The van der Waals surface area contributed by atoms with Crippen molar-refractivity contribution < 1.29 is 22.7 Å². The van der Waals surface area contributed by atoms with Gasteiger partial charge in [-0.05, 0) is 41.8 Å². The van der Waals surface area contributed by atoms with Gasteiger partial charge in [-0.1, -0.05) is 6.07 Å². The second-order valence-electron chi connectivity index (χ2n) is 5.33.